The average molecular weight is 760 g/mol. The van der Waals surface area contributed by atoms with Gasteiger partial charge in [0.2, 0.25) is 0 Å². The van der Waals surface area contributed by atoms with Crippen molar-refractivity contribution in [1.29, 1.82) is 0 Å². The molecule has 2 N–H and O–H groups in total. The van der Waals surface area contributed by atoms with Crippen LogP contribution < -0.4 is 22.5 Å². The van der Waals surface area contributed by atoms with Crippen LogP contribution >= 0.6 is 55.4 Å². The van der Waals surface area contributed by atoms with Crippen molar-refractivity contribution in [3.05, 3.63) is 110 Å². The summed E-state index contributed by atoms with van der Waals surface area (Å²) >= 11 is 9.91. The molecule has 4 aromatic heterocycles. The highest BCUT2D eigenvalue weighted by Crippen LogP contribution is 2.28. The van der Waals surface area contributed by atoms with E-state index in [-0.39, 0.29) is 0 Å². The van der Waals surface area contributed by atoms with Gasteiger partial charge in [-0.25, -0.2) is 19.6 Å². The number of imidazole rings is 2. The Kier molecular flexibility index (Phi) is 8.59. The van der Waals surface area contributed by atoms with Crippen LogP contribution in [0, 0.1) is 0 Å². The number of aromatic amines is 2. The number of nitrogens with zero attached hydrogens (tertiary/aromatic N) is 6. The van der Waals surface area contributed by atoms with Gasteiger partial charge in [0.15, 0.2) is 32.6 Å². The first-order chi connectivity index (χ1) is 21.1. The van der Waals surface area contributed by atoms with Crippen LogP contribution in [0.25, 0.3) is 22.3 Å². The lowest BCUT2D eigenvalue weighted by atomic mass is 10.2. The van der Waals surface area contributed by atoms with Crippen LogP contribution in [-0.4, -0.2) is 49.7 Å². The van der Waals surface area contributed by atoms with E-state index in [0.29, 0.717) is 57.2 Å². The van der Waals surface area contributed by atoms with Gasteiger partial charge in [-0.05, 0) is 35.4 Å². The molecule has 0 spiro atoms. The van der Waals surface area contributed by atoms with E-state index in [9.17, 15) is 19.2 Å². The predicted octanol–water partition coefficient (Wildman–Crippen LogP) is 3.67. The van der Waals surface area contributed by atoms with Gasteiger partial charge in [0, 0.05) is 34.5 Å². The minimum Gasteiger partial charge on any atom is -0.309 e. The Morgan fingerprint density at radius 3 is 1.48 bits per heavy atom. The molecule has 0 unspecified atom stereocenters. The van der Waals surface area contributed by atoms with Crippen molar-refractivity contribution >= 4 is 77.7 Å². The number of aryl methyl sites for hydroxylation is 2. The first kappa shape index (κ1) is 30.4. The van der Waals surface area contributed by atoms with Crippen molar-refractivity contribution in [3.63, 3.8) is 0 Å². The Bertz CT molecular complexity index is 2140. The van der Waals surface area contributed by atoms with E-state index in [2.05, 4.69) is 51.8 Å². The van der Waals surface area contributed by atoms with Crippen molar-refractivity contribution in [2.24, 2.45) is 14.1 Å². The summed E-state index contributed by atoms with van der Waals surface area (Å²) in [4.78, 5) is 64.6. The molecule has 226 valence electrons. The molecule has 0 bridgehead atoms. The van der Waals surface area contributed by atoms with E-state index < -0.39 is 22.5 Å². The molecule has 0 saturated carbocycles. The number of thioether (sulfide) groups is 2. The number of benzene rings is 2. The zero-order chi connectivity index (χ0) is 31.1. The van der Waals surface area contributed by atoms with Gasteiger partial charge < -0.3 is 9.13 Å². The quantitative estimate of drug-likeness (QED) is 0.168. The van der Waals surface area contributed by atoms with Crippen LogP contribution in [0.1, 0.15) is 11.1 Å². The molecule has 12 nitrogen and oxygen atoms in total. The summed E-state index contributed by atoms with van der Waals surface area (Å²) < 4.78 is 8.13. The maximum absolute atomic E-state index is 12.9. The van der Waals surface area contributed by atoms with Crippen molar-refractivity contribution < 1.29 is 0 Å². The fourth-order valence-corrected chi connectivity index (χ4v) is 7.70. The van der Waals surface area contributed by atoms with Gasteiger partial charge in [-0.2, -0.15) is 0 Å². The molecule has 0 amide bonds. The van der Waals surface area contributed by atoms with E-state index in [4.69, 9.17) is 0 Å². The van der Waals surface area contributed by atoms with Crippen LogP contribution in [0.5, 0.6) is 0 Å². The molecule has 0 aliphatic heterocycles. The van der Waals surface area contributed by atoms with Crippen LogP contribution in [0.2, 0.25) is 0 Å². The maximum Gasteiger partial charge on any atom is 0.329 e. The third-order valence-corrected chi connectivity index (χ3v) is 10.2. The summed E-state index contributed by atoms with van der Waals surface area (Å²) in [5.41, 5.74) is 1.11. The number of hydrogen-bond acceptors (Lipinski definition) is 8. The lowest BCUT2D eigenvalue weighted by Gasteiger charge is -2.10. The van der Waals surface area contributed by atoms with Crippen LogP contribution in [-0.2, 0) is 27.2 Å². The van der Waals surface area contributed by atoms with E-state index >= 15 is 0 Å². The zero-order valence-corrected chi connectivity index (χ0v) is 28.1. The Morgan fingerprint density at radius 1 is 0.682 bits per heavy atom. The smallest absolute Gasteiger partial charge is 0.309 e. The van der Waals surface area contributed by atoms with Crippen molar-refractivity contribution in [2.75, 3.05) is 11.5 Å². The molecule has 6 aromatic rings. The maximum atomic E-state index is 12.9. The fourth-order valence-electron chi connectivity index (χ4n) is 4.84. The Labute approximate surface area is 273 Å². The van der Waals surface area contributed by atoms with Crippen molar-refractivity contribution in [1.82, 2.24) is 38.2 Å². The van der Waals surface area contributed by atoms with E-state index in [1.807, 2.05) is 57.7 Å². The third-order valence-electron chi connectivity index (χ3n) is 6.95. The summed E-state index contributed by atoms with van der Waals surface area (Å²) in [6, 6.07) is 15.5. The number of halogens is 2. The average Bonchev–Trinajstić information content (AvgIpc) is 3.52. The molecular weight excluding hydrogens is 736 g/mol. The number of rotatable bonds is 9. The van der Waals surface area contributed by atoms with Gasteiger partial charge in [-0.1, -0.05) is 79.6 Å². The highest BCUT2D eigenvalue weighted by molar-refractivity contribution is 9.10. The molecular formula is C28H24Br2N8O4S2. The van der Waals surface area contributed by atoms with E-state index in [0.717, 1.165) is 20.1 Å². The first-order valence-corrected chi connectivity index (χ1v) is 16.8. The number of hydrogen-bond donors (Lipinski definition) is 2. The van der Waals surface area contributed by atoms with E-state index in [1.54, 1.807) is 14.1 Å². The molecule has 44 heavy (non-hydrogen) atoms. The van der Waals surface area contributed by atoms with Gasteiger partial charge >= 0.3 is 11.4 Å². The topological polar surface area (TPSA) is 145 Å². The standard InChI is InChI=1S/C28H24Br2N8O4S2/c1-35-21-19(23(39)33-25(35)41)37(13-15-5-3-7-17(29)11-15)27(31-21)43-9-10-44-28-32-22-20(24(40)34-26(42)36(22)2)38(28)14-16-6-4-8-18(30)12-16/h3-8,11-12H,9-10,13-14H2,1-2H3,(H,33,39,41)(H,34,40,42). The Morgan fingerprint density at radius 2 is 1.09 bits per heavy atom. The molecule has 0 aliphatic rings. The van der Waals surface area contributed by atoms with Crippen LogP contribution in [0.4, 0.5) is 0 Å². The fraction of sp³-hybridized carbons (Fsp3) is 0.214. The summed E-state index contributed by atoms with van der Waals surface area (Å²) in [6.07, 6.45) is 0. The van der Waals surface area contributed by atoms with Gasteiger partial charge in [-0.3, -0.25) is 28.7 Å². The van der Waals surface area contributed by atoms with Gasteiger partial charge in [0.1, 0.15) is 0 Å². The Hall–Kier alpha value is -3.60. The summed E-state index contributed by atoms with van der Waals surface area (Å²) in [5, 5.41) is 1.18. The van der Waals surface area contributed by atoms with Gasteiger partial charge in [-0.15, -0.1) is 0 Å². The normalized spacial score (nSPS) is 11.6. The summed E-state index contributed by atoms with van der Waals surface area (Å²) in [7, 11) is 3.15. The minimum absolute atomic E-state index is 0.305. The highest BCUT2D eigenvalue weighted by atomic mass is 79.9. The highest BCUT2D eigenvalue weighted by Gasteiger charge is 2.20. The van der Waals surface area contributed by atoms with E-state index in [1.165, 1.54) is 32.7 Å². The molecule has 16 heteroatoms. The molecule has 0 aliphatic carbocycles. The predicted molar refractivity (Wildman–Crippen MR) is 179 cm³/mol. The number of nitrogens with one attached hydrogen (secondary N) is 2. The lowest BCUT2D eigenvalue weighted by Crippen LogP contribution is -2.29. The molecule has 6 rings (SSSR count). The van der Waals surface area contributed by atoms with Crippen LogP contribution in [0.15, 0.2) is 87.0 Å². The lowest BCUT2D eigenvalue weighted by molar-refractivity contribution is 0.726. The number of aromatic nitrogens is 8. The first-order valence-electron chi connectivity index (χ1n) is 13.2. The molecule has 0 atom stereocenters. The van der Waals surface area contributed by atoms with Crippen molar-refractivity contribution in [3.8, 4) is 0 Å². The van der Waals surface area contributed by atoms with Crippen molar-refractivity contribution in [2.45, 2.75) is 23.4 Å². The number of fused-ring (bicyclic) bond motifs is 2. The second-order valence-electron chi connectivity index (χ2n) is 9.90. The second-order valence-corrected chi connectivity index (χ2v) is 13.9. The van der Waals surface area contributed by atoms with Gasteiger partial charge in [0.05, 0.1) is 13.1 Å². The summed E-state index contributed by atoms with van der Waals surface area (Å²) in [6.45, 7) is 0.762. The third kappa shape index (κ3) is 5.90. The molecule has 2 aromatic carbocycles. The molecule has 4 heterocycles. The minimum atomic E-state index is -0.532. The monoisotopic (exact) mass is 758 g/mol. The molecule has 0 fully saturated rings. The summed E-state index contributed by atoms with van der Waals surface area (Å²) in [5.74, 6) is 1.15. The zero-order valence-electron chi connectivity index (χ0n) is 23.3. The SMILES string of the molecule is Cn1c(=O)[nH]c(=O)c2c1nc(SCCSc1nc3c(c(=O)[nH]c(=O)n3C)n1Cc1cccc(Br)c1)n2Cc1cccc(Br)c1. The van der Waals surface area contributed by atoms with Gasteiger partial charge in [0.25, 0.3) is 11.1 Å². The molecule has 0 saturated heterocycles. The molecule has 0 radical (unpaired) electrons. The number of H-pyrrole nitrogens is 2. The Balaban J connectivity index is 1.31. The second kappa shape index (κ2) is 12.4. The van der Waals surface area contributed by atoms with Crippen LogP contribution in [0.3, 0.4) is 0 Å². The largest absolute Gasteiger partial charge is 0.329 e.